The fraction of sp³-hybridized carbons (Fsp3) is 0. The molecule has 0 aliphatic carbocycles. The van der Waals surface area contributed by atoms with E-state index in [0.29, 0.717) is 0 Å². The normalized spacial score (nSPS) is 11.8. The van der Waals surface area contributed by atoms with Crippen LogP contribution >= 0.6 is 0 Å². The first-order chi connectivity index (χ1) is 23.8. The summed E-state index contributed by atoms with van der Waals surface area (Å²) in [5, 5.41) is 15.4. The van der Waals surface area contributed by atoms with Crippen molar-refractivity contribution < 1.29 is 0 Å². The van der Waals surface area contributed by atoms with Crippen molar-refractivity contribution in [3.63, 3.8) is 0 Å². The van der Waals surface area contributed by atoms with Crippen LogP contribution in [0.15, 0.2) is 182 Å². The molecule has 222 valence electrons. The third-order valence-electron chi connectivity index (χ3n) is 10.3. The second-order valence-electron chi connectivity index (χ2n) is 12.8. The Labute approximate surface area is 279 Å². The van der Waals surface area contributed by atoms with Crippen molar-refractivity contribution in [1.29, 1.82) is 0 Å². The van der Waals surface area contributed by atoms with E-state index in [1.807, 2.05) is 0 Å². The first kappa shape index (κ1) is 26.9. The molecule has 10 aromatic rings. The number of hydrogen-bond donors (Lipinski definition) is 0. The van der Waals surface area contributed by atoms with Gasteiger partial charge in [0.15, 0.2) is 0 Å². The van der Waals surface area contributed by atoms with Crippen LogP contribution in [0.1, 0.15) is 0 Å². The predicted molar refractivity (Wildman–Crippen MR) is 208 cm³/mol. The average molecular weight is 607 g/mol. The Morgan fingerprint density at radius 1 is 0.208 bits per heavy atom. The lowest BCUT2D eigenvalue weighted by molar-refractivity contribution is 1.64. The topological polar surface area (TPSA) is 0 Å². The molecule has 0 saturated carbocycles. The molecule has 0 heterocycles. The second kappa shape index (κ2) is 10.7. The van der Waals surface area contributed by atoms with Crippen LogP contribution in [-0.4, -0.2) is 0 Å². The first-order valence-corrected chi connectivity index (χ1v) is 16.7. The largest absolute Gasteiger partial charge is 0.0616 e. The number of rotatable bonds is 3. The molecular formula is C48H30. The van der Waals surface area contributed by atoms with Gasteiger partial charge in [0.1, 0.15) is 0 Å². The molecular weight excluding hydrogens is 577 g/mol. The van der Waals surface area contributed by atoms with Crippen molar-refractivity contribution in [2.24, 2.45) is 0 Å². The van der Waals surface area contributed by atoms with Crippen LogP contribution < -0.4 is 0 Å². The fourth-order valence-electron chi connectivity index (χ4n) is 8.10. The van der Waals surface area contributed by atoms with E-state index in [1.54, 1.807) is 0 Å². The standard InChI is InChI=1S/C48H30/c1-3-16-34-31(12-1)14-9-22-37(34)45-25-11-24-44-36(28-29-46(48(44)45)38-23-10-15-32-13-2-4-17-35(32)38)33-26-27-43-41-20-6-5-18-39(41)40-19-7-8-21-42(40)47(43)30-33/h1-30H. The Morgan fingerprint density at radius 3 is 1.21 bits per heavy atom. The van der Waals surface area contributed by atoms with Crippen molar-refractivity contribution in [3.8, 4) is 33.4 Å². The molecule has 0 radical (unpaired) electrons. The van der Waals surface area contributed by atoms with Crippen LogP contribution in [0.2, 0.25) is 0 Å². The molecule has 0 spiro atoms. The summed E-state index contributed by atoms with van der Waals surface area (Å²) in [4.78, 5) is 0. The van der Waals surface area contributed by atoms with Crippen molar-refractivity contribution in [2.45, 2.75) is 0 Å². The van der Waals surface area contributed by atoms with Gasteiger partial charge in [-0.2, -0.15) is 0 Å². The van der Waals surface area contributed by atoms with Crippen LogP contribution in [0.5, 0.6) is 0 Å². The highest BCUT2D eigenvalue weighted by molar-refractivity contribution is 6.26. The van der Waals surface area contributed by atoms with E-state index in [2.05, 4.69) is 182 Å². The SMILES string of the molecule is c1ccc2c(-c3cccc4c(-c5ccc6c7ccccc7c7ccccc7c6c5)ccc(-c5cccc6ccccc56)c34)cccc2c1. The minimum atomic E-state index is 1.23. The van der Waals surface area contributed by atoms with E-state index < -0.39 is 0 Å². The Morgan fingerprint density at radius 2 is 0.604 bits per heavy atom. The highest BCUT2D eigenvalue weighted by Crippen LogP contribution is 2.45. The summed E-state index contributed by atoms with van der Waals surface area (Å²) in [5.74, 6) is 0. The van der Waals surface area contributed by atoms with E-state index in [-0.39, 0.29) is 0 Å². The fourth-order valence-corrected chi connectivity index (χ4v) is 8.10. The van der Waals surface area contributed by atoms with E-state index in [4.69, 9.17) is 0 Å². The Hall–Kier alpha value is -6.24. The molecule has 0 aliphatic rings. The van der Waals surface area contributed by atoms with Gasteiger partial charge in [0.2, 0.25) is 0 Å². The van der Waals surface area contributed by atoms with Gasteiger partial charge in [0.05, 0.1) is 0 Å². The molecule has 0 unspecified atom stereocenters. The van der Waals surface area contributed by atoms with Crippen LogP contribution in [0.25, 0.3) is 98.0 Å². The molecule has 0 fully saturated rings. The lowest BCUT2D eigenvalue weighted by atomic mass is 9.84. The highest BCUT2D eigenvalue weighted by Gasteiger charge is 2.18. The lowest BCUT2D eigenvalue weighted by Gasteiger charge is -2.19. The summed E-state index contributed by atoms with van der Waals surface area (Å²) in [5.41, 5.74) is 7.50. The predicted octanol–water partition coefficient (Wildman–Crippen LogP) is 13.6. The molecule has 0 aromatic heterocycles. The minimum absolute atomic E-state index is 1.23. The van der Waals surface area contributed by atoms with Crippen LogP contribution in [0, 0.1) is 0 Å². The maximum Gasteiger partial charge on any atom is -0.00201 e. The number of hydrogen-bond acceptors (Lipinski definition) is 0. The lowest BCUT2D eigenvalue weighted by Crippen LogP contribution is -1.92. The molecule has 0 atom stereocenters. The maximum absolute atomic E-state index is 2.42. The molecule has 10 rings (SSSR count). The quantitative estimate of drug-likeness (QED) is 0.176. The van der Waals surface area contributed by atoms with Crippen LogP contribution in [0.3, 0.4) is 0 Å². The molecule has 0 amide bonds. The Kier molecular flexibility index (Phi) is 5.98. The molecule has 0 N–H and O–H groups in total. The summed E-state index contributed by atoms with van der Waals surface area (Å²) < 4.78 is 0. The smallest absolute Gasteiger partial charge is 0.00201 e. The van der Waals surface area contributed by atoms with Crippen LogP contribution in [0.4, 0.5) is 0 Å². The van der Waals surface area contributed by atoms with Gasteiger partial charge in [-0.25, -0.2) is 0 Å². The summed E-state index contributed by atoms with van der Waals surface area (Å²) >= 11 is 0. The van der Waals surface area contributed by atoms with E-state index in [0.717, 1.165) is 0 Å². The zero-order chi connectivity index (χ0) is 31.6. The molecule has 0 nitrogen and oxygen atoms in total. The molecule has 10 aromatic carbocycles. The minimum Gasteiger partial charge on any atom is -0.0616 e. The summed E-state index contributed by atoms with van der Waals surface area (Å²) in [6.45, 7) is 0. The van der Waals surface area contributed by atoms with Crippen molar-refractivity contribution in [3.05, 3.63) is 182 Å². The third kappa shape index (κ3) is 4.03. The van der Waals surface area contributed by atoms with Gasteiger partial charge in [-0.05, 0) is 104 Å². The van der Waals surface area contributed by atoms with E-state index in [9.17, 15) is 0 Å². The van der Waals surface area contributed by atoms with Gasteiger partial charge in [-0.1, -0.05) is 176 Å². The van der Waals surface area contributed by atoms with Crippen molar-refractivity contribution in [1.82, 2.24) is 0 Å². The second-order valence-corrected chi connectivity index (χ2v) is 12.8. The summed E-state index contributed by atoms with van der Waals surface area (Å²) in [6.07, 6.45) is 0. The molecule has 0 heteroatoms. The summed E-state index contributed by atoms with van der Waals surface area (Å²) in [7, 11) is 0. The molecule has 0 aliphatic heterocycles. The zero-order valence-electron chi connectivity index (χ0n) is 26.3. The monoisotopic (exact) mass is 606 g/mol. The number of fused-ring (bicyclic) bond motifs is 9. The number of benzene rings is 10. The van der Waals surface area contributed by atoms with Gasteiger partial charge < -0.3 is 0 Å². The van der Waals surface area contributed by atoms with E-state index >= 15 is 0 Å². The van der Waals surface area contributed by atoms with Gasteiger partial charge >= 0.3 is 0 Å². The third-order valence-corrected chi connectivity index (χ3v) is 10.3. The Balaban J connectivity index is 1.31. The zero-order valence-corrected chi connectivity index (χ0v) is 26.3. The highest BCUT2D eigenvalue weighted by atomic mass is 14.2. The van der Waals surface area contributed by atoms with Crippen molar-refractivity contribution >= 4 is 64.6 Å². The molecule has 0 bridgehead atoms. The van der Waals surface area contributed by atoms with Gasteiger partial charge in [0.25, 0.3) is 0 Å². The van der Waals surface area contributed by atoms with Crippen molar-refractivity contribution in [2.75, 3.05) is 0 Å². The first-order valence-electron chi connectivity index (χ1n) is 16.7. The van der Waals surface area contributed by atoms with Gasteiger partial charge in [-0.15, -0.1) is 0 Å². The average Bonchev–Trinajstić information content (AvgIpc) is 3.17. The summed E-state index contributed by atoms with van der Waals surface area (Å²) in [6, 6.07) is 67.1. The maximum atomic E-state index is 2.42. The Bertz CT molecular complexity index is 2760. The molecule has 0 saturated heterocycles. The van der Waals surface area contributed by atoms with Gasteiger partial charge in [0, 0.05) is 0 Å². The van der Waals surface area contributed by atoms with Crippen LogP contribution in [-0.2, 0) is 0 Å². The van der Waals surface area contributed by atoms with Gasteiger partial charge in [-0.3, -0.25) is 0 Å². The molecule has 48 heavy (non-hydrogen) atoms. The van der Waals surface area contributed by atoms with E-state index in [1.165, 1.54) is 98.0 Å².